The minimum Gasteiger partial charge on any atom is -0.484 e. The Bertz CT molecular complexity index is 733. The lowest BCUT2D eigenvalue weighted by Crippen LogP contribution is -2.49. The fourth-order valence-corrected chi connectivity index (χ4v) is 3.55. The molecule has 150 valence electrons. The van der Waals surface area contributed by atoms with Crippen LogP contribution in [0.1, 0.15) is 12.5 Å². The van der Waals surface area contributed by atoms with Crippen LogP contribution in [0.15, 0.2) is 59.1 Å². The van der Waals surface area contributed by atoms with Gasteiger partial charge in [0.25, 0.3) is 5.91 Å². The van der Waals surface area contributed by atoms with Crippen LogP contribution in [0.25, 0.3) is 0 Å². The predicted octanol–water partition coefficient (Wildman–Crippen LogP) is 3.58. The minimum absolute atomic E-state index is 0.00692. The Hall–Kier alpha value is -1.89. The fourth-order valence-electron chi connectivity index (χ4n) is 3.28. The monoisotopic (exact) mass is 446 g/mol. The van der Waals surface area contributed by atoms with E-state index in [2.05, 4.69) is 39.9 Å². The van der Waals surface area contributed by atoms with Gasteiger partial charge in [0.05, 0.1) is 13.2 Å². The van der Waals surface area contributed by atoms with Gasteiger partial charge in [-0.05, 0) is 36.8 Å². The molecule has 1 aliphatic heterocycles. The first-order chi connectivity index (χ1) is 13.6. The highest BCUT2D eigenvalue weighted by atomic mass is 79.9. The largest absolute Gasteiger partial charge is 0.484 e. The highest BCUT2D eigenvalue weighted by Gasteiger charge is 2.24. The highest BCUT2D eigenvalue weighted by molar-refractivity contribution is 9.10. The summed E-state index contributed by atoms with van der Waals surface area (Å²) in [5.41, 5.74) is 1.12. The number of carbonyl (C=O) groups excluding carboxylic acids is 1. The average molecular weight is 447 g/mol. The Kier molecular flexibility index (Phi) is 7.89. The van der Waals surface area contributed by atoms with Crippen LogP contribution in [-0.4, -0.2) is 61.2 Å². The molecule has 1 unspecified atom stereocenters. The van der Waals surface area contributed by atoms with E-state index in [1.54, 1.807) is 0 Å². The second-order valence-corrected chi connectivity index (χ2v) is 7.93. The maximum absolute atomic E-state index is 13.0. The van der Waals surface area contributed by atoms with Crippen LogP contribution in [0, 0.1) is 0 Å². The summed E-state index contributed by atoms with van der Waals surface area (Å²) in [5, 5.41) is 0. The van der Waals surface area contributed by atoms with E-state index >= 15 is 0 Å². The number of amides is 1. The molecule has 0 saturated carbocycles. The second-order valence-electron chi connectivity index (χ2n) is 7.01. The van der Waals surface area contributed by atoms with Crippen molar-refractivity contribution in [3.63, 3.8) is 0 Å². The van der Waals surface area contributed by atoms with Crippen LogP contribution in [0.5, 0.6) is 5.75 Å². The smallest absolute Gasteiger partial charge is 0.261 e. The molecule has 0 bridgehead atoms. The topological polar surface area (TPSA) is 42.0 Å². The molecule has 2 aromatic rings. The van der Waals surface area contributed by atoms with Crippen molar-refractivity contribution in [2.24, 2.45) is 0 Å². The van der Waals surface area contributed by atoms with Gasteiger partial charge in [-0.25, -0.2) is 0 Å². The number of hydrogen-bond donors (Lipinski definition) is 0. The first-order valence-electron chi connectivity index (χ1n) is 9.63. The first kappa shape index (κ1) is 20.8. The van der Waals surface area contributed by atoms with Gasteiger partial charge in [0.2, 0.25) is 0 Å². The molecule has 0 radical (unpaired) electrons. The van der Waals surface area contributed by atoms with Crippen LogP contribution in [0.2, 0.25) is 0 Å². The lowest BCUT2D eigenvalue weighted by molar-refractivity contribution is -0.136. The number of halogens is 1. The normalized spacial score (nSPS) is 15.8. The van der Waals surface area contributed by atoms with Gasteiger partial charge in [0, 0.05) is 36.7 Å². The Morgan fingerprint density at radius 2 is 1.82 bits per heavy atom. The van der Waals surface area contributed by atoms with Crippen molar-refractivity contribution >= 4 is 21.8 Å². The number of nitrogens with zero attached hydrogens (tertiary/aromatic N) is 2. The lowest BCUT2D eigenvalue weighted by atomic mass is 10.1. The van der Waals surface area contributed by atoms with E-state index in [-0.39, 0.29) is 18.6 Å². The lowest BCUT2D eigenvalue weighted by Gasteiger charge is -2.35. The summed E-state index contributed by atoms with van der Waals surface area (Å²) in [7, 11) is 0. The first-order valence-corrected chi connectivity index (χ1v) is 10.4. The standard InChI is InChI=1S/C22H27BrN2O3/c1-18(15-24-11-13-27-14-12-24)25(16-19-5-3-2-4-6-19)22(26)17-28-21-9-7-20(23)8-10-21/h2-10,18H,11-17H2,1H3. The van der Waals surface area contributed by atoms with Crippen LogP contribution >= 0.6 is 15.9 Å². The SMILES string of the molecule is CC(CN1CCOCC1)N(Cc1ccccc1)C(=O)COc1ccc(Br)cc1. The number of hydrogen-bond acceptors (Lipinski definition) is 4. The molecule has 0 aliphatic carbocycles. The molecule has 5 nitrogen and oxygen atoms in total. The summed E-state index contributed by atoms with van der Waals surface area (Å²) in [6, 6.07) is 17.7. The van der Waals surface area contributed by atoms with Gasteiger partial charge in [0.1, 0.15) is 5.75 Å². The van der Waals surface area contributed by atoms with Gasteiger partial charge in [-0.3, -0.25) is 9.69 Å². The van der Waals surface area contributed by atoms with E-state index in [1.807, 2.05) is 47.4 Å². The van der Waals surface area contributed by atoms with Crippen molar-refractivity contribution in [2.75, 3.05) is 39.5 Å². The molecular weight excluding hydrogens is 420 g/mol. The van der Waals surface area contributed by atoms with Crippen molar-refractivity contribution in [2.45, 2.75) is 19.5 Å². The third kappa shape index (κ3) is 6.33. The Morgan fingerprint density at radius 1 is 1.14 bits per heavy atom. The van der Waals surface area contributed by atoms with E-state index in [9.17, 15) is 4.79 Å². The van der Waals surface area contributed by atoms with Crippen molar-refractivity contribution in [1.29, 1.82) is 0 Å². The zero-order valence-corrected chi connectivity index (χ0v) is 17.8. The fraction of sp³-hybridized carbons (Fsp3) is 0.409. The van der Waals surface area contributed by atoms with Crippen LogP contribution in [0.3, 0.4) is 0 Å². The molecule has 2 aromatic carbocycles. The minimum atomic E-state index is -0.00692. The third-order valence-corrected chi connectivity index (χ3v) is 5.38. The zero-order valence-electron chi connectivity index (χ0n) is 16.2. The predicted molar refractivity (Wildman–Crippen MR) is 113 cm³/mol. The van der Waals surface area contributed by atoms with Gasteiger partial charge in [0.15, 0.2) is 6.61 Å². The molecular formula is C22H27BrN2O3. The molecule has 1 saturated heterocycles. The summed E-state index contributed by atoms with van der Waals surface area (Å²) in [6.07, 6.45) is 0. The molecule has 28 heavy (non-hydrogen) atoms. The molecule has 0 spiro atoms. The van der Waals surface area contributed by atoms with Gasteiger partial charge < -0.3 is 14.4 Å². The summed E-state index contributed by atoms with van der Waals surface area (Å²) in [6.45, 7) is 6.88. The highest BCUT2D eigenvalue weighted by Crippen LogP contribution is 2.17. The maximum atomic E-state index is 13.0. The molecule has 0 aromatic heterocycles. The molecule has 1 heterocycles. The Balaban J connectivity index is 1.64. The van der Waals surface area contributed by atoms with E-state index in [1.165, 1.54) is 0 Å². The Morgan fingerprint density at radius 3 is 2.50 bits per heavy atom. The third-order valence-electron chi connectivity index (χ3n) is 4.85. The van der Waals surface area contributed by atoms with Crippen LogP contribution in [0.4, 0.5) is 0 Å². The van der Waals surface area contributed by atoms with Crippen molar-refractivity contribution in [1.82, 2.24) is 9.80 Å². The zero-order chi connectivity index (χ0) is 19.8. The number of morpholine rings is 1. The molecule has 1 amide bonds. The van der Waals surface area contributed by atoms with E-state index in [4.69, 9.17) is 9.47 Å². The quantitative estimate of drug-likeness (QED) is 0.621. The molecule has 0 N–H and O–H groups in total. The summed E-state index contributed by atoms with van der Waals surface area (Å²) in [4.78, 5) is 17.3. The molecule has 6 heteroatoms. The molecule has 1 atom stereocenters. The summed E-state index contributed by atoms with van der Waals surface area (Å²) < 4.78 is 12.2. The molecule has 3 rings (SSSR count). The second kappa shape index (κ2) is 10.6. The molecule has 1 fully saturated rings. The summed E-state index contributed by atoms with van der Waals surface area (Å²) >= 11 is 3.41. The van der Waals surface area contributed by atoms with E-state index in [0.717, 1.165) is 42.9 Å². The van der Waals surface area contributed by atoms with Crippen molar-refractivity contribution < 1.29 is 14.3 Å². The summed E-state index contributed by atoms with van der Waals surface area (Å²) in [5.74, 6) is 0.685. The van der Waals surface area contributed by atoms with E-state index < -0.39 is 0 Å². The molecule has 1 aliphatic rings. The van der Waals surface area contributed by atoms with E-state index in [0.29, 0.717) is 12.3 Å². The van der Waals surface area contributed by atoms with Crippen molar-refractivity contribution in [3.05, 3.63) is 64.6 Å². The van der Waals surface area contributed by atoms with Gasteiger partial charge in [-0.2, -0.15) is 0 Å². The number of ether oxygens (including phenoxy) is 2. The van der Waals surface area contributed by atoms with Gasteiger partial charge in [-0.15, -0.1) is 0 Å². The number of carbonyl (C=O) groups is 1. The average Bonchev–Trinajstić information content (AvgIpc) is 2.73. The number of rotatable bonds is 8. The maximum Gasteiger partial charge on any atom is 0.261 e. The number of benzene rings is 2. The van der Waals surface area contributed by atoms with Crippen LogP contribution < -0.4 is 4.74 Å². The van der Waals surface area contributed by atoms with Gasteiger partial charge >= 0.3 is 0 Å². The van der Waals surface area contributed by atoms with Crippen LogP contribution in [-0.2, 0) is 16.1 Å². The Labute approximate surface area is 175 Å². The van der Waals surface area contributed by atoms with Crippen molar-refractivity contribution in [3.8, 4) is 5.75 Å². The van der Waals surface area contributed by atoms with Gasteiger partial charge in [-0.1, -0.05) is 46.3 Å².